The highest BCUT2D eigenvalue weighted by Gasteiger charge is 2.10. The van der Waals surface area contributed by atoms with E-state index < -0.39 is 5.91 Å². The number of nitrogens with two attached hydrogens (primary N) is 1. The molecular weight excluding hydrogens is 378 g/mol. The minimum absolute atomic E-state index is 0.451. The largest absolute Gasteiger partial charge is 0.493 e. The number of carbonyl (C=O) groups is 1. The molecule has 0 aliphatic carbocycles. The van der Waals surface area contributed by atoms with Gasteiger partial charge in [-0.15, -0.1) is 5.10 Å². The molecule has 3 N–H and O–H groups in total. The summed E-state index contributed by atoms with van der Waals surface area (Å²) in [6.07, 6.45) is 0. The number of fused-ring (bicyclic) bond motifs is 1. The molecule has 0 bridgehead atoms. The Hall–Kier alpha value is -3.87. The number of hydrogen-bond acceptors (Lipinski definition) is 5. The van der Waals surface area contributed by atoms with E-state index in [1.165, 1.54) is 0 Å². The number of anilines is 2. The van der Waals surface area contributed by atoms with Gasteiger partial charge in [-0.2, -0.15) is 4.98 Å². The average Bonchev–Trinajstić information content (AvgIpc) is 3.15. The molecule has 0 saturated carbocycles. The average molecular weight is 401 g/mol. The molecule has 1 amide bonds. The Bertz CT molecular complexity index is 1160. The first kappa shape index (κ1) is 19.4. The monoisotopic (exact) mass is 401 g/mol. The number of hydrogen-bond donors (Lipinski definition) is 2. The van der Waals surface area contributed by atoms with Crippen LogP contribution in [0.25, 0.3) is 16.9 Å². The fourth-order valence-corrected chi connectivity index (χ4v) is 3.01. The zero-order valence-electron chi connectivity index (χ0n) is 16.9. The van der Waals surface area contributed by atoms with Crippen LogP contribution in [0.1, 0.15) is 24.2 Å². The lowest BCUT2D eigenvalue weighted by molar-refractivity contribution is 0.100. The summed E-state index contributed by atoms with van der Waals surface area (Å²) in [7, 11) is 0. The fraction of sp³-hybridized carbons (Fsp3) is 0.174. The van der Waals surface area contributed by atoms with Gasteiger partial charge in [-0.25, -0.2) is 4.52 Å². The number of aromatic nitrogens is 3. The van der Waals surface area contributed by atoms with E-state index in [0.29, 0.717) is 24.0 Å². The van der Waals surface area contributed by atoms with Crippen LogP contribution in [-0.4, -0.2) is 27.1 Å². The van der Waals surface area contributed by atoms with Crippen LogP contribution in [0, 0.1) is 5.92 Å². The van der Waals surface area contributed by atoms with Crippen molar-refractivity contribution in [3.8, 4) is 17.0 Å². The summed E-state index contributed by atoms with van der Waals surface area (Å²) in [4.78, 5) is 15.8. The highest BCUT2D eigenvalue weighted by Crippen LogP contribution is 2.24. The minimum Gasteiger partial charge on any atom is -0.493 e. The van der Waals surface area contributed by atoms with Gasteiger partial charge in [0.2, 0.25) is 11.9 Å². The maximum Gasteiger partial charge on any atom is 0.248 e. The van der Waals surface area contributed by atoms with Gasteiger partial charge in [-0.3, -0.25) is 4.79 Å². The second kappa shape index (κ2) is 8.24. The molecule has 7 nitrogen and oxygen atoms in total. The Labute approximate surface area is 174 Å². The molecule has 0 aliphatic rings. The molecule has 0 saturated heterocycles. The number of ether oxygens (including phenoxy) is 1. The molecule has 4 rings (SSSR count). The first-order chi connectivity index (χ1) is 14.5. The molecule has 2 aromatic heterocycles. The Balaban J connectivity index is 1.58. The minimum atomic E-state index is -0.460. The molecule has 2 heterocycles. The topological polar surface area (TPSA) is 94.5 Å². The van der Waals surface area contributed by atoms with Crippen molar-refractivity contribution in [2.24, 2.45) is 11.7 Å². The number of pyridine rings is 1. The smallest absolute Gasteiger partial charge is 0.248 e. The predicted molar refractivity (Wildman–Crippen MR) is 117 cm³/mol. The van der Waals surface area contributed by atoms with E-state index in [9.17, 15) is 4.79 Å². The second-order valence-electron chi connectivity index (χ2n) is 7.41. The summed E-state index contributed by atoms with van der Waals surface area (Å²) in [6.45, 7) is 4.93. The second-order valence-corrected chi connectivity index (χ2v) is 7.41. The predicted octanol–water partition coefficient (Wildman–Crippen LogP) is 4.27. The van der Waals surface area contributed by atoms with Gasteiger partial charge in [0.1, 0.15) is 5.75 Å². The third kappa shape index (κ3) is 4.25. The highest BCUT2D eigenvalue weighted by atomic mass is 16.5. The number of amides is 1. The summed E-state index contributed by atoms with van der Waals surface area (Å²) in [5.74, 6) is 1.33. The summed E-state index contributed by atoms with van der Waals surface area (Å²) in [6, 6.07) is 20.7. The van der Waals surface area contributed by atoms with Gasteiger partial charge in [0.25, 0.3) is 0 Å². The number of rotatable bonds is 7. The van der Waals surface area contributed by atoms with Crippen molar-refractivity contribution < 1.29 is 9.53 Å². The molecule has 0 unspecified atom stereocenters. The van der Waals surface area contributed by atoms with Crippen molar-refractivity contribution in [3.63, 3.8) is 0 Å². The van der Waals surface area contributed by atoms with Crippen molar-refractivity contribution >= 4 is 23.2 Å². The molecular formula is C23H23N5O2. The van der Waals surface area contributed by atoms with Crippen LogP contribution in [0.3, 0.4) is 0 Å². The van der Waals surface area contributed by atoms with E-state index in [-0.39, 0.29) is 0 Å². The molecule has 4 aromatic rings. The molecule has 0 radical (unpaired) electrons. The Morgan fingerprint density at radius 1 is 1.07 bits per heavy atom. The molecule has 2 aromatic carbocycles. The van der Waals surface area contributed by atoms with Crippen LogP contribution in [0.15, 0.2) is 66.7 Å². The van der Waals surface area contributed by atoms with Gasteiger partial charge in [0.15, 0.2) is 5.65 Å². The Morgan fingerprint density at radius 3 is 2.47 bits per heavy atom. The quantitative estimate of drug-likeness (QED) is 0.482. The molecule has 0 spiro atoms. The number of carbonyl (C=O) groups excluding carboxylic acids is 1. The van der Waals surface area contributed by atoms with Gasteiger partial charge in [-0.1, -0.05) is 19.9 Å². The van der Waals surface area contributed by atoms with E-state index in [2.05, 4.69) is 29.2 Å². The van der Waals surface area contributed by atoms with Crippen molar-refractivity contribution in [1.29, 1.82) is 0 Å². The summed E-state index contributed by atoms with van der Waals surface area (Å²) in [5.41, 5.74) is 9.16. The van der Waals surface area contributed by atoms with Crippen molar-refractivity contribution in [2.75, 3.05) is 11.9 Å². The third-order valence-corrected chi connectivity index (χ3v) is 4.52. The van der Waals surface area contributed by atoms with Gasteiger partial charge in [0, 0.05) is 16.8 Å². The lowest BCUT2D eigenvalue weighted by Crippen LogP contribution is -2.10. The molecule has 0 fully saturated rings. The summed E-state index contributed by atoms with van der Waals surface area (Å²) < 4.78 is 7.56. The van der Waals surface area contributed by atoms with Crippen LogP contribution in [0.5, 0.6) is 5.75 Å². The van der Waals surface area contributed by atoms with Crippen LogP contribution >= 0.6 is 0 Å². The number of benzene rings is 2. The van der Waals surface area contributed by atoms with Gasteiger partial charge < -0.3 is 15.8 Å². The van der Waals surface area contributed by atoms with E-state index >= 15 is 0 Å². The molecule has 0 aliphatic heterocycles. The van der Waals surface area contributed by atoms with Crippen molar-refractivity contribution in [2.45, 2.75) is 13.8 Å². The standard InChI is InChI=1S/C23H23N5O2/c1-15(2)14-30-19-12-8-16(9-13-19)20-4-3-5-21-26-23(27-28(20)21)25-18-10-6-17(7-11-18)22(24)29/h3-13,15H,14H2,1-2H3,(H2,24,29)(H,25,27). The lowest BCUT2D eigenvalue weighted by atomic mass is 10.1. The maximum absolute atomic E-state index is 11.2. The van der Waals surface area contributed by atoms with E-state index in [4.69, 9.17) is 10.5 Å². The Morgan fingerprint density at radius 2 is 1.80 bits per heavy atom. The molecule has 152 valence electrons. The highest BCUT2D eigenvalue weighted by molar-refractivity contribution is 5.93. The SMILES string of the molecule is CC(C)COc1ccc(-c2cccc3nc(Nc4ccc(C(N)=O)cc4)nn23)cc1. The van der Waals surface area contributed by atoms with Crippen LogP contribution < -0.4 is 15.8 Å². The zero-order valence-corrected chi connectivity index (χ0v) is 16.9. The summed E-state index contributed by atoms with van der Waals surface area (Å²) in [5, 5.41) is 7.75. The molecule has 7 heteroatoms. The third-order valence-electron chi connectivity index (χ3n) is 4.52. The zero-order chi connectivity index (χ0) is 21.1. The number of nitrogens with one attached hydrogen (secondary N) is 1. The van der Waals surface area contributed by atoms with Crippen LogP contribution in [0.4, 0.5) is 11.6 Å². The first-order valence-electron chi connectivity index (χ1n) is 9.75. The normalized spacial score (nSPS) is 11.0. The van der Waals surface area contributed by atoms with E-state index in [0.717, 1.165) is 28.3 Å². The van der Waals surface area contributed by atoms with Gasteiger partial charge in [0.05, 0.1) is 12.3 Å². The maximum atomic E-state index is 11.2. The number of nitrogens with zero attached hydrogens (tertiary/aromatic N) is 3. The first-order valence-corrected chi connectivity index (χ1v) is 9.75. The van der Waals surface area contributed by atoms with Crippen LogP contribution in [-0.2, 0) is 0 Å². The van der Waals surface area contributed by atoms with Gasteiger partial charge >= 0.3 is 0 Å². The summed E-state index contributed by atoms with van der Waals surface area (Å²) >= 11 is 0. The molecule has 0 atom stereocenters. The van der Waals surface area contributed by atoms with Gasteiger partial charge in [-0.05, 0) is 66.6 Å². The molecule has 30 heavy (non-hydrogen) atoms. The lowest BCUT2D eigenvalue weighted by Gasteiger charge is -2.09. The fourth-order valence-electron chi connectivity index (χ4n) is 3.01. The van der Waals surface area contributed by atoms with Crippen LogP contribution in [0.2, 0.25) is 0 Å². The number of primary amides is 1. The van der Waals surface area contributed by atoms with E-state index in [1.54, 1.807) is 28.8 Å². The van der Waals surface area contributed by atoms with E-state index in [1.807, 2.05) is 42.5 Å². The van der Waals surface area contributed by atoms with Crippen molar-refractivity contribution in [1.82, 2.24) is 14.6 Å². The Kier molecular flexibility index (Phi) is 5.34. The van der Waals surface area contributed by atoms with Crippen molar-refractivity contribution in [3.05, 3.63) is 72.3 Å².